The van der Waals surface area contributed by atoms with Gasteiger partial charge in [-0.1, -0.05) is 24.8 Å². The molecule has 3 nitrogen and oxygen atoms in total. The topological polar surface area (TPSA) is 37.4 Å². The molecule has 1 aromatic carbocycles. The molecule has 15 heavy (non-hydrogen) atoms. The van der Waals surface area contributed by atoms with Gasteiger partial charge in [0.25, 0.3) is 11.8 Å². The van der Waals surface area contributed by atoms with Crippen LogP contribution in [0.15, 0.2) is 49.2 Å². The highest BCUT2D eigenvalue weighted by Gasteiger charge is 2.33. The fourth-order valence-corrected chi connectivity index (χ4v) is 1.49. The van der Waals surface area contributed by atoms with Gasteiger partial charge in [-0.15, -0.1) is 0 Å². The second kappa shape index (κ2) is 3.53. The highest BCUT2D eigenvalue weighted by Crippen LogP contribution is 2.22. The standard InChI is InChI=1S/C12H9NO2/c1-2-3-8-13-11(14)9-6-4-5-7-10(9)12(13)15/h2-8H,1H2. The molecule has 1 heterocycles. The molecule has 0 aliphatic carbocycles. The number of imide groups is 1. The summed E-state index contributed by atoms with van der Waals surface area (Å²) in [5.41, 5.74) is 0.910. The Morgan fingerprint density at radius 1 is 1.07 bits per heavy atom. The van der Waals surface area contributed by atoms with Gasteiger partial charge < -0.3 is 0 Å². The first kappa shape index (κ1) is 9.40. The minimum atomic E-state index is -0.284. The van der Waals surface area contributed by atoms with Gasteiger partial charge in [0.15, 0.2) is 0 Å². The van der Waals surface area contributed by atoms with Crippen LogP contribution in [0.2, 0.25) is 0 Å². The van der Waals surface area contributed by atoms with Gasteiger partial charge in [-0.2, -0.15) is 0 Å². The Balaban J connectivity index is 2.45. The quantitative estimate of drug-likeness (QED) is 0.539. The Bertz CT molecular complexity index is 439. The number of fused-ring (bicyclic) bond motifs is 1. The zero-order valence-electron chi connectivity index (χ0n) is 8.01. The molecule has 0 spiro atoms. The number of rotatable bonds is 2. The number of carbonyl (C=O) groups is 2. The van der Waals surface area contributed by atoms with E-state index in [-0.39, 0.29) is 11.8 Å². The molecular weight excluding hydrogens is 190 g/mol. The van der Waals surface area contributed by atoms with E-state index < -0.39 is 0 Å². The van der Waals surface area contributed by atoms with Gasteiger partial charge in [-0.05, 0) is 18.2 Å². The van der Waals surface area contributed by atoms with Gasteiger partial charge in [0.05, 0.1) is 11.1 Å². The summed E-state index contributed by atoms with van der Waals surface area (Å²) in [6.07, 6.45) is 4.50. The first-order valence-corrected chi connectivity index (χ1v) is 4.52. The lowest BCUT2D eigenvalue weighted by molar-refractivity contribution is 0.0721. The van der Waals surface area contributed by atoms with Crippen molar-refractivity contribution in [2.75, 3.05) is 0 Å². The third-order valence-corrected chi connectivity index (χ3v) is 2.20. The van der Waals surface area contributed by atoms with Gasteiger partial charge in [0.1, 0.15) is 0 Å². The minimum absolute atomic E-state index is 0.284. The van der Waals surface area contributed by atoms with Crippen molar-refractivity contribution in [1.29, 1.82) is 0 Å². The van der Waals surface area contributed by atoms with Gasteiger partial charge in [0, 0.05) is 6.20 Å². The van der Waals surface area contributed by atoms with Gasteiger partial charge >= 0.3 is 0 Å². The van der Waals surface area contributed by atoms with E-state index in [9.17, 15) is 9.59 Å². The Labute approximate surface area is 87.3 Å². The Hall–Kier alpha value is -2.16. The van der Waals surface area contributed by atoms with E-state index in [0.717, 1.165) is 4.90 Å². The summed E-state index contributed by atoms with van der Waals surface area (Å²) in [6.45, 7) is 3.48. The molecule has 0 unspecified atom stereocenters. The molecule has 2 rings (SSSR count). The van der Waals surface area contributed by atoms with Gasteiger partial charge in [0.2, 0.25) is 0 Å². The second-order valence-corrected chi connectivity index (χ2v) is 3.10. The summed E-state index contributed by atoms with van der Waals surface area (Å²) in [5, 5.41) is 0. The van der Waals surface area contributed by atoms with Crippen molar-refractivity contribution in [2.24, 2.45) is 0 Å². The zero-order chi connectivity index (χ0) is 10.8. The molecule has 1 aliphatic rings. The maximum atomic E-state index is 11.7. The molecule has 1 aromatic rings. The molecule has 0 fully saturated rings. The summed E-state index contributed by atoms with van der Waals surface area (Å²) in [6, 6.07) is 6.78. The number of amides is 2. The number of benzene rings is 1. The Morgan fingerprint density at radius 2 is 1.60 bits per heavy atom. The molecule has 0 atom stereocenters. The Kier molecular flexibility index (Phi) is 2.21. The second-order valence-electron chi connectivity index (χ2n) is 3.10. The summed E-state index contributed by atoms with van der Waals surface area (Å²) >= 11 is 0. The van der Waals surface area contributed by atoms with Crippen LogP contribution in [0.1, 0.15) is 20.7 Å². The predicted molar refractivity (Wildman–Crippen MR) is 56.3 cm³/mol. The molecule has 0 bridgehead atoms. The summed E-state index contributed by atoms with van der Waals surface area (Å²) in [7, 11) is 0. The van der Waals surface area contributed by atoms with E-state index in [1.54, 1.807) is 30.3 Å². The molecule has 0 N–H and O–H groups in total. The molecule has 0 aromatic heterocycles. The predicted octanol–water partition coefficient (Wildman–Crippen LogP) is 1.98. The first-order chi connectivity index (χ1) is 7.25. The first-order valence-electron chi connectivity index (χ1n) is 4.52. The van der Waals surface area contributed by atoms with Crippen LogP contribution >= 0.6 is 0 Å². The molecule has 0 radical (unpaired) electrons. The highest BCUT2D eigenvalue weighted by molar-refractivity contribution is 6.22. The average Bonchev–Trinajstić information content (AvgIpc) is 2.51. The van der Waals surface area contributed by atoms with Crippen molar-refractivity contribution in [3.63, 3.8) is 0 Å². The fraction of sp³-hybridized carbons (Fsp3) is 0. The van der Waals surface area contributed by atoms with Crippen LogP contribution in [0, 0.1) is 0 Å². The maximum Gasteiger partial charge on any atom is 0.265 e. The maximum absolute atomic E-state index is 11.7. The third-order valence-electron chi connectivity index (χ3n) is 2.20. The average molecular weight is 199 g/mol. The minimum Gasteiger partial charge on any atom is -0.268 e. The summed E-state index contributed by atoms with van der Waals surface area (Å²) in [5.74, 6) is -0.567. The largest absolute Gasteiger partial charge is 0.268 e. The highest BCUT2D eigenvalue weighted by atomic mass is 16.2. The fourth-order valence-electron chi connectivity index (χ4n) is 1.49. The van der Waals surface area contributed by atoms with E-state index in [1.807, 2.05) is 0 Å². The van der Waals surface area contributed by atoms with E-state index in [0.29, 0.717) is 11.1 Å². The van der Waals surface area contributed by atoms with E-state index >= 15 is 0 Å². The number of allylic oxidation sites excluding steroid dienone is 2. The van der Waals surface area contributed by atoms with Crippen LogP contribution < -0.4 is 0 Å². The summed E-state index contributed by atoms with van der Waals surface area (Å²) < 4.78 is 0. The smallest absolute Gasteiger partial charge is 0.265 e. The lowest BCUT2D eigenvalue weighted by Gasteiger charge is -2.05. The monoisotopic (exact) mass is 199 g/mol. The van der Waals surface area contributed by atoms with Crippen LogP contribution in [0.25, 0.3) is 0 Å². The van der Waals surface area contributed by atoms with Crippen LogP contribution in [0.5, 0.6) is 0 Å². The van der Waals surface area contributed by atoms with Crippen molar-refractivity contribution in [1.82, 2.24) is 4.90 Å². The molecule has 1 aliphatic heterocycles. The zero-order valence-corrected chi connectivity index (χ0v) is 8.01. The van der Waals surface area contributed by atoms with E-state index in [2.05, 4.69) is 6.58 Å². The van der Waals surface area contributed by atoms with Crippen molar-refractivity contribution in [2.45, 2.75) is 0 Å². The number of hydrogen-bond donors (Lipinski definition) is 0. The molecule has 0 saturated heterocycles. The van der Waals surface area contributed by atoms with Crippen molar-refractivity contribution >= 4 is 11.8 Å². The van der Waals surface area contributed by atoms with Crippen molar-refractivity contribution < 1.29 is 9.59 Å². The van der Waals surface area contributed by atoms with Crippen LogP contribution in [0.3, 0.4) is 0 Å². The number of hydrogen-bond acceptors (Lipinski definition) is 2. The number of nitrogens with zero attached hydrogens (tertiary/aromatic N) is 1. The SMILES string of the molecule is C=CC=CN1C(=O)c2ccccc2C1=O. The third kappa shape index (κ3) is 1.38. The molecule has 74 valence electrons. The normalized spacial score (nSPS) is 14.8. The summed E-state index contributed by atoms with van der Waals surface area (Å²) in [4.78, 5) is 24.6. The van der Waals surface area contributed by atoms with Crippen molar-refractivity contribution in [3.05, 3.63) is 60.3 Å². The van der Waals surface area contributed by atoms with E-state index in [4.69, 9.17) is 0 Å². The lowest BCUT2D eigenvalue weighted by atomic mass is 10.1. The van der Waals surface area contributed by atoms with Crippen LogP contribution in [-0.2, 0) is 0 Å². The van der Waals surface area contributed by atoms with Gasteiger partial charge in [-0.3, -0.25) is 9.59 Å². The molecule has 3 heteroatoms. The van der Waals surface area contributed by atoms with Crippen LogP contribution in [-0.4, -0.2) is 16.7 Å². The van der Waals surface area contributed by atoms with Crippen LogP contribution in [0.4, 0.5) is 0 Å². The van der Waals surface area contributed by atoms with Gasteiger partial charge in [-0.25, -0.2) is 4.90 Å². The molecule has 0 saturated carbocycles. The van der Waals surface area contributed by atoms with E-state index in [1.165, 1.54) is 12.3 Å². The number of carbonyl (C=O) groups excluding carboxylic acids is 2. The molecular formula is C12H9NO2. The van der Waals surface area contributed by atoms with Crippen molar-refractivity contribution in [3.8, 4) is 0 Å². The Morgan fingerprint density at radius 3 is 2.07 bits per heavy atom. The molecule has 2 amide bonds. The lowest BCUT2D eigenvalue weighted by Crippen LogP contribution is -2.23.